The molecule has 5 heteroatoms. The Morgan fingerprint density at radius 3 is 2.40 bits per heavy atom. The summed E-state index contributed by atoms with van der Waals surface area (Å²) in [4.78, 5) is 19.9. The summed E-state index contributed by atoms with van der Waals surface area (Å²) in [5.74, 6) is 0. The largest absolute Gasteiger partial charge is 0.393 e. The highest BCUT2D eigenvalue weighted by molar-refractivity contribution is 6.19. The van der Waals surface area contributed by atoms with Crippen LogP contribution in [0.5, 0.6) is 0 Å². The Kier molecular flexibility index (Phi) is 4.79. The Balaban J connectivity index is 3.61. The highest BCUT2D eigenvalue weighted by Gasteiger charge is 2.09. The molecule has 10 heavy (non-hydrogen) atoms. The van der Waals surface area contributed by atoms with E-state index in [1.54, 1.807) is 0 Å². The van der Waals surface area contributed by atoms with Crippen molar-refractivity contribution in [1.29, 1.82) is 0 Å². The minimum Gasteiger partial charge on any atom is -0.393 e. The predicted octanol–water partition coefficient (Wildman–Crippen LogP) is -2.28. The lowest BCUT2D eigenvalue weighted by Gasteiger charge is -2.10. The molecule has 2 atom stereocenters. The van der Waals surface area contributed by atoms with E-state index in [4.69, 9.17) is 9.84 Å². The molecule has 0 aromatic heterocycles. The Morgan fingerprint density at radius 2 is 2.10 bits per heavy atom. The SMILES string of the molecule is B[C@@H](C=O)O[C@@H](C=O)CO. The summed E-state index contributed by atoms with van der Waals surface area (Å²) in [5, 5.41) is 8.40. The smallest absolute Gasteiger partial charge is 0.151 e. The molecule has 0 saturated carbocycles. The number of aldehydes is 2. The maximum Gasteiger partial charge on any atom is 0.151 e. The van der Waals surface area contributed by atoms with E-state index in [0.717, 1.165) is 0 Å². The van der Waals surface area contributed by atoms with Crippen LogP contribution < -0.4 is 0 Å². The first-order valence-corrected chi connectivity index (χ1v) is 2.91. The zero-order valence-electron chi connectivity index (χ0n) is 5.69. The molecule has 0 bridgehead atoms. The van der Waals surface area contributed by atoms with E-state index in [1.807, 2.05) is 0 Å². The van der Waals surface area contributed by atoms with E-state index < -0.39 is 12.1 Å². The summed E-state index contributed by atoms with van der Waals surface area (Å²) < 4.78 is 4.71. The normalized spacial score (nSPS) is 15.7. The van der Waals surface area contributed by atoms with Crippen LogP contribution in [0.2, 0.25) is 0 Å². The zero-order chi connectivity index (χ0) is 7.98. The van der Waals surface area contributed by atoms with Gasteiger partial charge in [0.15, 0.2) is 6.29 Å². The highest BCUT2D eigenvalue weighted by atomic mass is 16.5. The van der Waals surface area contributed by atoms with Crippen molar-refractivity contribution in [3.05, 3.63) is 0 Å². The summed E-state index contributed by atoms with van der Waals surface area (Å²) in [5.41, 5.74) is 0. The van der Waals surface area contributed by atoms with Crippen LogP contribution in [0.1, 0.15) is 0 Å². The number of hydrogen-bond donors (Lipinski definition) is 1. The Morgan fingerprint density at radius 1 is 1.50 bits per heavy atom. The second-order valence-corrected chi connectivity index (χ2v) is 1.83. The number of carbonyl (C=O) groups is 2. The molecule has 0 aromatic carbocycles. The van der Waals surface area contributed by atoms with Gasteiger partial charge >= 0.3 is 0 Å². The average Bonchev–Trinajstić information content (AvgIpc) is 1.99. The quantitative estimate of drug-likeness (QED) is 0.348. The van der Waals surface area contributed by atoms with Gasteiger partial charge in [0.25, 0.3) is 0 Å². The van der Waals surface area contributed by atoms with Crippen LogP contribution in [-0.2, 0) is 14.3 Å². The molecule has 0 rings (SSSR count). The zero-order valence-corrected chi connectivity index (χ0v) is 5.69. The van der Waals surface area contributed by atoms with Crippen molar-refractivity contribution in [2.24, 2.45) is 0 Å². The number of aliphatic hydroxyl groups excluding tert-OH is 1. The third-order valence-corrected chi connectivity index (χ3v) is 0.913. The van der Waals surface area contributed by atoms with Crippen molar-refractivity contribution in [3.63, 3.8) is 0 Å². The van der Waals surface area contributed by atoms with Crippen LogP contribution in [0.15, 0.2) is 0 Å². The van der Waals surface area contributed by atoms with E-state index >= 15 is 0 Å². The van der Waals surface area contributed by atoms with Gasteiger partial charge in [-0.3, -0.25) is 0 Å². The van der Waals surface area contributed by atoms with Crippen LogP contribution in [0.25, 0.3) is 0 Å². The number of rotatable bonds is 5. The fourth-order valence-corrected chi connectivity index (χ4v) is 0.426. The molecule has 0 heterocycles. The van der Waals surface area contributed by atoms with Crippen LogP contribution in [0.3, 0.4) is 0 Å². The van der Waals surface area contributed by atoms with Crippen molar-refractivity contribution in [1.82, 2.24) is 0 Å². The van der Waals surface area contributed by atoms with Gasteiger partial charge in [0.05, 0.1) is 12.6 Å². The first kappa shape index (κ1) is 9.32. The van der Waals surface area contributed by atoms with E-state index in [9.17, 15) is 9.59 Å². The minimum absolute atomic E-state index is 0.387. The molecule has 0 spiro atoms. The van der Waals surface area contributed by atoms with Gasteiger partial charge in [0.1, 0.15) is 20.2 Å². The summed E-state index contributed by atoms with van der Waals surface area (Å²) in [6.45, 7) is -0.387. The maximum absolute atomic E-state index is 9.99. The van der Waals surface area contributed by atoms with Crippen LogP contribution in [-0.4, -0.2) is 44.2 Å². The molecule has 0 unspecified atom stereocenters. The molecule has 0 aromatic rings. The number of hydrogen-bond acceptors (Lipinski definition) is 4. The molecule has 0 aliphatic carbocycles. The third kappa shape index (κ3) is 3.37. The third-order valence-electron chi connectivity index (χ3n) is 0.913. The van der Waals surface area contributed by atoms with E-state index in [1.165, 1.54) is 7.85 Å². The van der Waals surface area contributed by atoms with E-state index in [0.29, 0.717) is 12.6 Å². The van der Waals surface area contributed by atoms with Gasteiger partial charge in [0, 0.05) is 0 Å². The molecule has 0 amide bonds. The van der Waals surface area contributed by atoms with Gasteiger partial charge < -0.3 is 19.4 Å². The molecule has 0 radical (unpaired) electrons. The Bertz CT molecular complexity index is 116. The summed E-state index contributed by atoms with van der Waals surface area (Å²) in [6.07, 6.45) is 0.145. The first-order valence-electron chi connectivity index (χ1n) is 2.91. The second-order valence-electron chi connectivity index (χ2n) is 1.83. The number of ether oxygens (including phenoxy) is 1. The molecule has 1 N–H and O–H groups in total. The summed E-state index contributed by atoms with van der Waals surface area (Å²) in [6, 6.07) is -0.637. The van der Waals surface area contributed by atoms with Crippen molar-refractivity contribution < 1.29 is 19.4 Å². The van der Waals surface area contributed by atoms with Gasteiger partial charge in [-0.25, -0.2) is 0 Å². The molecule has 56 valence electrons. The molecular weight excluding hydrogens is 135 g/mol. The van der Waals surface area contributed by atoms with Crippen molar-refractivity contribution in [2.75, 3.05) is 6.61 Å². The minimum atomic E-state index is -0.875. The molecule has 0 aliphatic heterocycles. The van der Waals surface area contributed by atoms with E-state index in [-0.39, 0.29) is 6.61 Å². The molecule has 0 saturated heterocycles. The second kappa shape index (κ2) is 5.14. The molecule has 4 nitrogen and oxygen atoms in total. The Hall–Kier alpha value is -0.675. The van der Waals surface area contributed by atoms with Gasteiger partial charge in [-0.1, -0.05) is 0 Å². The predicted molar refractivity (Wildman–Crippen MR) is 36.4 cm³/mol. The van der Waals surface area contributed by atoms with Gasteiger partial charge in [-0.05, 0) is 0 Å². The lowest BCUT2D eigenvalue weighted by Crippen LogP contribution is -2.27. The van der Waals surface area contributed by atoms with Crippen LogP contribution >= 0.6 is 0 Å². The van der Waals surface area contributed by atoms with E-state index in [2.05, 4.69) is 0 Å². The molecular formula is C5H9BO4. The number of aliphatic hydroxyl groups is 1. The summed E-state index contributed by atoms with van der Waals surface area (Å²) >= 11 is 0. The van der Waals surface area contributed by atoms with Crippen molar-refractivity contribution >= 4 is 20.4 Å². The lowest BCUT2D eigenvalue weighted by molar-refractivity contribution is -0.127. The van der Waals surface area contributed by atoms with Crippen molar-refractivity contribution in [3.8, 4) is 0 Å². The lowest BCUT2D eigenvalue weighted by atomic mass is 10.0. The van der Waals surface area contributed by atoms with Crippen molar-refractivity contribution in [2.45, 2.75) is 12.1 Å². The fourth-order valence-electron chi connectivity index (χ4n) is 0.426. The monoisotopic (exact) mass is 144 g/mol. The molecule has 0 fully saturated rings. The van der Waals surface area contributed by atoms with Gasteiger partial charge in [-0.15, -0.1) is 0 Å². The Labute approximate surface area is 59.6 Å². The number of carbonyl (C=O) groups excluding carboxylic acids is 2. The highest BCUT2D eigenvalue weighted by Crippen LogP contribution is 1.89. The average molecular weight is 144 g/mol. The maximum atomic E-state index is 9.99. The summed E-state index contributed by atoms with van der Waals surface area (Å²) in [7, 11) is 1.50. The van der Waals surface area contributed by atoms with Crippen LogP contribution in [0.4, 0.5) is 0 Å². The fraction of sp³-hybridized carbons (Fsp3) is 0.600. The van der Waals surface area contributed by atoms with Gasteiger partial charge in [0.2, 0.25) is 0 Å². The first-order chi connectivity index (χ1) is 4.74. The topological polar surface area (TPSA) is 63.6 Å². The molecule has 0 aliphatic rings. The van der Waals surface area contributed by atoms with Crippen LogP contribution in [0, 0.1) is 0 Å². The standard InChI is InChI=1S/C5H9BO4/c6-5(3-9)10-4(1-7)2-8/h1,3-5,8H,2,6H2/t4-,5+/m0/s1. The van der Waals surface area contributed by atoms with Gasteiger partial charge in [-0.2, -0.15) is 0 Å².